The summed E-state index contributed by atoms with van der Waals surface area (Å²) in [6.07, 6.45) is 0.0559. The van der Waals surface area contributed by atoms with Gasteiger partial charge in [0.1, 0.15) is 0 Å². The van der Waals surface area contributed by atoms with Crippen molar-refractivity contribution in [1.82, 2.24) is 4.90 Å². The number of hydrogen-bond acceptors (Lipinski definition) is 4. The van der Waals surface area contributed by atoms with Crippen LogP contribution in [0, 0.1) is 6.92 Å². The number of imide groups is 1. The largest absolute Gasteiger partial charge is 0.378 e. The molecule has 26 heavy (non-hydrogen) atoms. The van der Waals surface area contributed by atoms with E-state index in [1.54, 1.807) is 24.3 Å². The predicted molar refractivity (Wildman–Crippen MR) is 101 cm³/mol. The minimum Gasteiger partial charge on any atom is -0.378 e. The SMILES string of the molecule is Cc1cc(N(C)C)ccc1NC(=O)CCN1C(=O)c2ccccc2C1=O. The van der Waals surface area contributed by atoms with Crippen molar-refractivity contribution in [2.45, 2.75) is 13.3 Å². The van der Waals surface area contributed by atoms with Crippen LogP contribution in [0.15, 0.2) is 42.5 Å². The van der Waals surface area contributed by atoms with Gasteiger partial charge in [-0.05, 0) is 42.8 Å². The quantitative estimate of drug-likeness (QED) is 0.841. The fourth-order valence-corrected chi connectivity index (χ4v) is 2.93. The highest BCUT2D eigenvalue weighted by Crippen LogP contribution is 2.23. The Morgan fingerprint density at radius 2 is 1.65 bits per heavy atom. The second kappa shape index (κ2) is 7.00. The predicted octanol–water partition coefficient (Wildman–Crippen LogP) is 2.69. The average molecular weight is 351 g/mol. The first kappa shape index (κ1) is 17.7. The third kappa shape index (κ3) is 3.31. The number of carbonyl (C=O) groups excluding carboxylic acids is 3. The summed E-state index contributed by atoms with van der Waals surface area (Å²) in [5, 5.41) is 2.84. The standard InChI is InChI=1S/C20H21N3O3/c1-13-12-14(22(2)3)8-9-17(13)21-18(24)10-11-23-19(25)15-6-4-5-7-16(15)20(23)26/h4-9,12H,10-11H2,1-3H3,(H,21,24). The lowest BCUT2D eigenvalue weighted by Crippen LogP contribution is -2.32. The Labute approximate surface area is 152 Å². The van der Waals surface area contributed by atoms with E-state index in [4.69, 9.17) is 0 Å². The molecule has 3 rings (SSSR count). The van der Waals surface area contributed by atoms with Crippen LogP contribution in [0.2, 0.25) is 0 Å². The number of hydrogen-bond donors (Lipinski definition) is 1. The van der Waals surface area contributed by atoms with Gasteiger partial charge in [-0.3, -0.25) is 19.3 Å². The molecule has 1 heterocycles. The monoisotopic (exact) mass is 351 g/mol. The minimum atomic E-state index is -0.343. The summed E-state index contributed by atoms with van der Waals surface area (Å²) in [7, 11) is 3.91. The van der Waals surface area contributed by atoms with Crippen LogP contribution < -0.4 is 10.2 Å². The van der Waals surface area contributed by atoms with E-state index in [-0.39, 0.29) is 30.7 Å². The van der Waals surface area contributed by atoms with Crippen molar-refractivity contribution in [1.29, 1.82) is 0 Å². The minimum absolute atomic E-state index is 0.0559. The van der Waals surface area contributed by atoms with E-state index in [9.17, 15) is 14.4 Å². The van der Waals surface area contributed by atoms with Gasteiger partial charge in [0.15, 0.2) is 0 Å². The molecule has 0 aromatic heterocycles. The van der Waals surface area contributed by atoms with Gasteiger partial charge in [0.25, 0.3) is 11.8 Å². The molecule has 0 saturated carbocycles. The lowest BCUT2D eigenvalue weighted by atomic mass is 10.1. The maximum Gasteiger partial charge on any atom is 0.261 e. The second-order valence-electron chi connectivity index (χ2n) is 6.50. The molecular weight excluding hydrogens is 330 g/mol. The Morgan fingerprint density at radius 1 is 1.04 bits per heavy atom. The van der Waals surface area contributed by atoms with Gasteiger partial charge in [-0.1, -0.05) is 12.1 Å². The Bertz CT molecular complexity index is 855. The van der Waals surface area contributed by atoms with Crippen LogP contribution in [0.3, 0.4) is 0 Å². The molecule has 3 amide bonds. The lowest BCUT2D eigenvalue weighted by molar-refractivity contribution is -0.116. The first-order valence-electron chi connectivity index (χ1n) is 8.41. The zero-order chi connectivity index (χ0) is 18.8. The van der Waals surface area contributed by atoms with Crippen molar-refractivity contribution in [2.75, 3.05) is 30.9 Å². The van der Waals surface area contributed by atoms with Crippen LogP contribution in [0.4, 0.5) is 11.4 Å². The van der Waals surface area contributed by atoms with Crippen molar-refractivity contribution in [3.8, 4) is 0 Å². The van der Waals surface area contributed by atoms with E-state index in [0.29, 0.717) is 11.1 Å². The number of carbonyl (C=O) groups is 3. The fraction of sp³-hybridized carbons (Fsp3) is 0.250. The fourth-order valence-electron chi connectivity index (χ4n) is 2.93. The highest BCUT2D eigenvalue weighted by atomic mass is 16.2. The maximum atomic E-state index is 12.3. The highest BCUT2D eigenvalue weighted by molar-refractivity contribution is 6.21. The van der Waals surface area contributed by atoms with Gasteiger partial charge >= 0.3 is 0 Å². The van der Waals surface area contributed by atoms with E-state index in [2.05, 4.69) is 5.32 Å². The number of nitrogens with one attached hydrogen (secondary N) is 1. The Morgan fingerprint density at radius 3 is 2.19 bits per heavy atom. The molecule has 0 aliphatic carbocycles. The number of anilines is 2. The van der Waals surface area contributed by atoms with E-state index >= 15 is 0 Å². The molecule has 1 aliphatic heterocycles. The molecule has 0 atom stereocenters. The number of rotatable bonds is 5. The molecule has 2 aromatic rings. The molecule has 0 spiro atoms. The molecule has 6 heteroatoms. The zero-order valence-electron chi connectivity index (χ0n) is 15.1. The highest BCUT2D eigenvalue weighted by Gasteiger charge is 2.34. The van der Waals surface area contributed by atoms with Crippen molar-refractivity contribution < 1.29 is 14.4 Å². The Hall–Kier alpha value is -3.15. The third-order valence-electron chi connectivity index (χ3n) is 4.44. The van der Waals surface area contributed by atoms with Crippen LogP contribution in [-0.2, 0) is 4.79 Å². The molecule has 0 bridgehead atoms. The summed E-state index contributed by atoms with van der Waals surface area (Å²) in [6, 6.07) is 12.5. The van der Waals surface area contributed by atoms with E-state index in [1.807, 2.05) is 44.1 Å². The first-order valence-corrected chi connectivity index (χ1v) is 8.41. The second-order valence-corrected chi connectivity index (χ2v) is 6.50. The van der Waals surface area contributed by atoms with Crippen LogP contribution in [-0.4, -0.2) is 43.3 Å². The Balaban J connectivity index is 1.62. The van der Waals surface area contributed by atoms with Crippen LogP contribution in [0.25, 0.3) is 0 Å². The van der Waals surface area contributed by atoms with Crippen molar-refractivity contribution >= 4 is 29.1 Å². The van der Waals surface area contributed by atoms with Gasteiger partial charge in [0.05, 0.1) is 11.1 Å². The summed E-state index contributed by atoms with van der Waals surface area (Å²) >= 11 is 0. The third-order valence-corrected chi connectivity index (χ3v) is 4.44. The molecule has 134 valence electrons. The van der Waals surface area contributed by atoms with Gasteiger partial charge in [-0.2, -0.15) is 0 Å². The molecule has 2 aromatic carbocycles. The number of fused-ring (bicyclic) bond motifs is 1. The molecular formula is C20H21N3O3. The van der Waals surface area contributed by atoms with E-state index in [1.165, 1.54) is 0 Å². The van der Waals surface area contributed by atoms with Gasteiger partial charge in [0.2, 0.25) is 5.91 Å². The number of benzene rings is 2. The number of amides is 3. The van der Waals surface area contributed by atoms with Crippen LogP contribution in [0.1, 0.15) is 32.7 Å². The van der Waals surface area contributed by atoms with Crippen LogP contribution >= 0.6 is 0 Å². The van der Waals surface area contributed by atoms with Crippen molar-refractivity contribution in [3.63, 3.8) is 0 Å². The van der Waals surface area contributed by atoms with E-state index in [0.717, 1.165) is 21.8 Å². The summed E-state index contributed by atoms with van der Waals surface area (Å²) in [4.78, 5) is 40.0. The molecule has 1 N–H and O–H groups in total. The molecule has 0 unspecified atom stereocenters. The average Bonchev–Trinajstić information content (AvgIpc) is 2.86. The number of aryl methyl sites for hydroxylation is 1. The van der Waals surface area contributed by atoms with Gasteiger partial charge in [0, 0.05) is 38.4 Å². The smallest absolute Gasteiger partial charge is 0.261 e. The van der Waals surface area contributed by atoms with Crippen LogP contribution in [0.5, 0.6) is 0 Å². The topological polar surface area (TPSA) is 69.7 Å². The van der Waals surface area contributed by atoms with Crippen molar-refractivity contribution in [2.24, 2.45) is 0 Å². The zero-order valence-corrected chi connectivity index (χ0v) is 15.1. The summed E-state index contributed by atoms with van der Waals surface area (Å²) in [5.41, 5.74) is 3.51. The molecule has 0 fully saturated rings. The molecule has 1 aliphatic rings. The van der Waals surface area contributed by atoms with Crippen molar-refractivity contribution in [3.05, 3.63) is 59.2 Å². The van der Waals surface area contributed by atoms with E-state index < -0.39 is 0 Å². The number of nitrogens with zero attached hydrogens (tertiary/aromatic N) is 2. The first-order chi connectivity index (χ1) is 12.4. The lowest BCUT2D eigenvalue weighted by Gasteiger charge is -2.16. The van der Waals surface area contributed by atoms with Gasteiger partial charge in [-0.15, -0.1) is 0 Å². The maximum absolute atomic E-state index is 12.3. The summed E-state index contributed by atoms with van der Waals surface area (Å²) in [6.45, 7) is 1.99. The normalized spacial score (nSPS) is 13.0. The molecule has 0 saturated heterocycles. The van der Waals surface area contributed by atoms with Gasteiger partial charge in [-0.25, -0.2) is 0 Å². The molecule has 6 nitrogen and oxygen atoms in total. The summed E-state index contributed by atoms with van der Waals surface area (Å²) in [5.74, 6) is -0.919. The Kier molecular flexibility index (Phi) is 4.75. The summed E-state index contributed by atoms with van der Waals surface area (Å²) < 4.78 is 0. The molecule has 0 radical (unpaired) electrons. The van der Waals surface area contributed by atoms with Gasteiger partial charge < -0.3 is 10.2 Å².